The van der Waals surface area contributed by atoms with Crippen LogP contribution in [0.25, 0.3) is 0 Å². The first-order valence-corrected chi connectivity index (χ1v) is 20.7. The zero-order chi connectivity index (χ0) is 39.9. The molecule has 0 aliphatic carbocycles. The minimum Gasteiger partial charge on any atom is -0.450 e. The first kappa shape index (κ1) is 39.3. The van der Waals surface area contributed by atoms with Gasteiger partial charge in [0.05, 0.1) is 7.05 Å². The lowest BCUT2D eigenvalue weighted by atomic mass is 9.77. The number of rotatable bonds is 14. The molecule has 0 spiro atoms. The van der Waals surface area contributed by atoms with Crippen molar-refractivity contribution in [1.82, 2.24) is 15.2 Å². The maximum atomic E-state index is 13.8. The Balaban J connectivity index is 1.03. The Kier molecular flexibility index (Phi) is 12.0. The van der Waals surface area contributed by atoms with E-state index < -0.39 is 34.7 Å². The van der Waals surface area contributed by atoms with Crippen LogP contribution in [-0.2, 0) is 34.3 Å². The van der Waals surface area contributed by atoms with Crippen molar-refractivity contribution in [2.24, 2.45) is 5.16 Å². The molecule has 2 N–H and O–H groups in total. The van der Waals surface area contributed by atoms with Crippen LogP contribution >= 0.6 is 34.9 Å². The van der Waals surface area contributed by atoms with E-state index in [1.54, 1.807) is 47.7 Å². The largest absolute Gasteiger partial charge is 0.450 e. The van der Waals surface area contributed by atoms with Crippen molar-refractivity contribution in [3.8, 4) is 0 Å². The molecule has 3 aromatic carbocycles. The number of anilines is 1. The molecule has 5 aromatic rings. The van der Waals surface area contributed by atoms with Crippen molar-refractivity contribution >= 4 is 69.4 Å². The number of fused-ring (bicyclic) bond motifs is 1. The molecule has 3 amide bonds. The normalized spacial score (nSPS) is 16.4. The number of pyridine rings is 1. The number of hydrogen-bond acceptors (Lipinski definition) is 12. The van der Waals surface area contributed by atoms with Crippen LogP contribution in [0.5, 0.6) is 0 Å². The summed E-state index contributed by atoms with van der Waals surface area (Å²) in [4.78, 5) is 64.1. The summed E-state index contributed by atoms with van der Waals surface area (Å²) in [5.74, 6) is -1.42. The van der Waals surface area contributed by atoms with Gasteiger partial charge in [-0.25, -0.2) is 9.78 Å². The van der Waals surface area contributed by atoms with Crippen LogP contribution in [0.3, 0.4) is 0 Å². The number of nitrogens with one attached hydrogen (secondary N) is 2. The first-order chi connectivity index (χ1) is 27.7. The Hall–Kier alpha value is -5.97. The number of carbonyl (C=O) groups is 4. The first-order valence-electron chi connectivity index (χ1n) is 17.7. The van der Waals surface area contributed by atoms with Gasteiger partial charge in [0.1, 0.15) is 41.4 Å². The van der Waals surface area contributed by atoms with E-state index in [1.165, 1.54) is 58.8 Å². The number of aromatic nitrogens is 2. The molecular formula is C41H38N7O6S3+. The van der Waals surface area contributed by atoms with Gasteiger partial charge < -0.3 is 20.2 Å². The summed E-state index contributed by atoms with van der Waals surface area (Å²) in [6.45, 7) is 1.47. The number of esters is 1. The van der Waals surface area contributed by atoms with Crippen LogP contribution in [0.4, 0.5) is 5.13 Å². The summed E-state index contributed by atoms with van der Waals surface area (Å²) in [6.07, 6.45) is 5.10. The number of benzene rings is 3. The van der Waals surface area contributed by atoms with E-state index in [2.05, 4.69) is 52.2 Å². The molecule has 0 saturated carbocycles. The van der Waals surface area contributed by atoms with E-state index in [0.29, 0.717) is 10.9 Å². The third-order valence-corrected chi connectivity index (χ3v) is 12.2. The lowest BCUT2D eigenvalue weighted by Gasteiger charge is -2.48. The maximum absolute atomic E-state index is 13.8. The maximum Gasteiger partial charge on any atom is 0.355 e. The summed E-state index contributed by atoms with van der Waals surface area (Å²) < 4.78 is 7.15. The van der Waals surface area contributed by atoms with Gasteiger partial charge in [-0.1, -0.05) is 113 Å². The van der Waals surface area contributed by atoms with Crippen LogP contribution < -0.4 is 20.3 Å². The number of nitrogens with zero attached hydrogens (tertiary/aromatic N) is 5. The average molecular weight is 821 g/mol. The lowest BCUT2D eigenvalue weighted by molar-refractivity contribution is -0.680. The van der Waals surface area contributed by atoms with Gasteiger partial charge in [-0.05, 0) is 22.8 Å². The average Bonchev–Trinajstić information content (AvgIpc) is 3.72. The van der Waals surface area contributed by atoms with Crippen LogP contribution in [0.2, 0.25) is 0 Å². The zero-order valence-electron chi connectivity index (χ0n) is 31.1. The third-order valence-electron chi connectivity index (χ3n) is 9.40. The third kappa shape index (κ3) is 8.15. The summed E-state index contributed by atoms with van der Waals surface area (Å²) in [5, 5.41) is 13.7. The van der Waals surface area contributed by atoms with Gasteiger partial charge in [-0.3, -0.25) is 19.3 Å². The summed E-state index contributed by atoms with van der Waals surface area (Å²) >= 11 is 4.01. The van der Waals surface area contributed by atoms with Gasteiger partial charge in [0.15, 0.2) is 10.8 Å². The topological polar surface area (TPSA) is 146 Å². The highest BCUT2D eigenvalue weighted by molar-refractivity contribution is 8.00. The van der Waals surface area contributed by atoms with E-state index in [0.717, 1.165) is 21.6 Å². The molecule has 7 rings (SSSR count). The Bertz CT molecular complexity index is 2210. The van der Waals surface area contributed by atoms with Crippen LogP contribution in [-0.4, -0.2) is 76.6 Å². The van der Waals surface area contributed by atoms with Gasteiger partial charge in [0, 0.05) is 35.1 Å². The molecule has 290 valence electrons. The number of carbonyl (C=O) groups excluding carboxylic acids is 4. The van der Waals surface area contributed by atoms with Gasteiger partial charge in [0.2, 0.25) is 12.4 Å². The predicted octanol–water partition coefficient (Wildman–Crippen LogP) is 4.88. The molecule has 0 radical (unpaired) electrons. The molecule has 57 heavy (non-hydrogen) atoms. The molecule has 16 heteroatoms. The summed E-state index contributed by atoms with van der Waals surface area (Å²) in [7, 11) is 2.99. The van der Waals surface area contributed by atoms with E-state index in [-0.39, 0.29) is 28.9 Å². The fourth-order valence-electron chi connectivity index (χ4n) is 6.50. The van der Waals surface area contributed by atoms with Crippen molar-refractivity contribution in [2.45, 2.75) is 28.8 Å². The van der Waals surface area contributed by atoms with E-state index in [4.69, 9.17) is 14.6 Å². The molecule has 1 fully saturated rings. The smallest absolute Gasteiger partial charge is 0.355 e. The molecule has 0 bridgehead atoms. The molecule has 1 saturated heterocycles. The minimum absolute atomic E-state index is 0.00718. The van der Waals surface area contributed by atoms with Gasteiger partial charge >= 0.3 is 5.97 Å². The molecule has 13 nitrogen and oxygen atoms in total. The molecule has 2 aliphatic rings. The summed E-state index contributed by atoms with van der Waals surface area (Å²) in [5.41, 5.74) is 2.39. The molecule has 2 aliphatic heterocycles. The Morgan fingerprint density at radius 2 is 1.56 bits per heavy atom. The minimum atomic E-state index is -0.919. The second-order valence-electron chi connectivity index (χ2n) is 12.8. The number of amides is 3. The second kappa shape index (κ2) is 17.4. The number of hydrogen-bond donors (Lipinski definition) is 2. The van der Waals surface area contributed by atoms with Gasteiger partial charge in [-0.15, -0.1) is 28.1 Å². The van der Waals surface area contributed by atoms with Crippen molar-refractivity contribution in [3.63, 3.8) is 0 Å². The van der Waals surface area contributed by atoms with Gasteiger partial charge in [-0.2, -0.15) is 0 Å². The van der Waals surface area contributed by atoms with E-state index >= 15 is 0 Å². The molecule has 4 heterocycles. The number of oxime groups is 1. The fraction of sp³-hybridized carbons (Fsp3) is 0.195. The SMILES string of the molecule is CO/N=C(\C(=O)NC1C(=O)N2C(C(=O)OCSc3cc[n+](N(C)C(C)=O)cc3)=CCS[C@@H]12)c1csc(NC(c2ccccc2)(c2ccccc2)c2ccccc2)n1. The van der Waals surface area contributed by atoms with Crippen molar-refractivity contribution in [3.05, 3.63) is 155 Å². The Morgan fingerprint density at radius 3 is 2.12 bits per heavy atom. The van der Waals surface area contributed by atoms with Crippen molar-refractivity contribution in [1.29, 1.82) is 0 Å². The predicted molar refractivity (Wildman–Crippen MR) is 220 cm³/mol. The molecular weight excluding hydrogens is 783 g/mol. The number of ether oxygens (including phenoxy) is 1. The second-order valence-corrected chi connectivity index (χ2v) is 15.8. The Morgan fingerprint density at radius 1 is 0.965 bits per heavy atom. The molecule has 2 aromatic heterocycles. The van der Waals surface area contributed by atoms with Crippen LogP contribution in [0.1, 0.15) is 29.3 Å². The lowest BCUT2D eigenvalue weighted by Crippen LogP contribution is -2.70. The van der Waals surface area contributed by atoms with Crippen molar-refractivity contribution in [2.75, 3.05) is 36.2 Å². The van der Waals surface area contributed by atoms with Crippen molar-refractivity contribution < 1.29 is 33.4 Å². The van der Waals surface area contributed by atoms with E-state index in [1.807, 2.05) is 54.6 Å². The fourth-order valence-corrected chi connectivity index (χ4v) is 9.07. The zero-order valence-corrected chi connectivity index (χ0v) is 33.6. The number of β-lactam (4-membered cyclic amide) rings is 1. The Labute approximate surface area is 341 Å². The highest BCUT2D eigenvalue weighted by Gasteiger charge is 2.53. The summed E-state index contributed by atoms with van der Waals surface area (Å²) in [6, 6.07) is 32.9. The highest BCUT2D eigenvalue weighted by atomic mass is 32.2. The monoisotopic (exact) mass is 820 g/mol. The standard InChI is InChI=1S/C41H37N7O6S3/c1-27(49)46(2)47-22-19-31(20-23-47)57-26-54-39(52)33-21-24-55-38-35(37(51)48(33)38)43-36(50)34(45-53-3)32-25-56-40(42-32)44-41(28-13-7-4-8-14-28,29-15-9-5-10-16-29)30-17-11-6-12-18-30/h4-23,25,35,38H,24,26H2,1-3H3,(H-,42,43,44,50)/p+1/b45-34-/t35?,38-/m0/s1. The van der Waals surface area contributed by atoms with E-state index in [9.17, 15) is 19.2 Å². The van der Waals surface area contributed by atoms with Crippen LogP contribution in [0, 0.1) is 0 Å². The molecule has 1 unspecified atom stereocenters. The quantitative estimate of drug-likeness (QED) is 0.0233. The van der Waals surface area contributed by atoms with Gasteiger partial charge in [0.25, 0.3) is 17.7 Å². The number of thiazole rings is 1. The van der Waals surface area contributed by atoms with Crippen LogP contribution in [0.15, 0.2) is 143 Å². The number of thioether (sulfide) groups is 2. The highest BCUT2D eigenvalue weighted by Crippen LogP contribution is 2.41. The molecule has 2 atom stereocenters.